The van der Waals surface area contributed by atoms with E-state index in [-0.39, 0.29) is 11.2 Å². The van der Waals surface area contributed by atoms with Gasteiger partial charge in [0.1, 0.15) is 5.82 Å². The van der Waals surface area contributed by atoms with Crippen LogP contribution in [0.4, 0.5) is 4.39 Å². The minimum atomic E-state index is -0.329. The quantitative estimate of drug-likeness (QED) is 0.832. The molecule has 0 aliphatic carbocycles. The van der Waals surface area contributed by atoms with E-state index >= 15 is 0 Å². The van der Waals surface area contributed by atoms with E-state index in [9.17, 15) is 4.39 Å². The molecule has 1 heterocycles. The molecule has 2 rings (SSSR count). The van der Waals surface area contributed by atoms with E-state index in [1.807, 2.05) is 20.8 Å². The molecule has 2 aromatic rings. The third-order valence-corrected chi connectivity index (χ3v) is 3.85. The molecule has 5 heteroatoms. The van der Waals surface area contributed by atoms with Crippen LogP contribution in [-0.2, 0) is 6.42 Å². The van der Waals surface area contributed by atoms with E-state index in [1.165, 1.54) is 12.1 Å². The van der Waals surface area contributed by atoms with Crippen LogP contribution in [0.25, 0.3) is 11.4 Å². The highest BCUT2D eigenvalue weighted by atomic mass is 19.1. The van der Waals surface area contributed by atoms with Gasteiger partial charge >= 0.3 is 0 Å². The lowest BCUT2D eigenvalue weighted by atomic mass is 9.81. The second kappa shape index (κ2) is 6.04. The summed E-state index contributed by atoms with van der Waals surface area (Å²) in [6, 6.07) is 6.69. The lowest BCUT2D eigenvalue weighted by molar-refractivity contribution is 0.266. The second-order valence-electron chi connectivity index (χ2n) is 5.65. The average molecular weight is 287 g/mol. The molecule has 0 radical (unpaired) electrons. The van der Waals surface area contributed by atoms with E-state index in [2.05, 4.69) is 16.2 Å². The summed E-state index contributed by atoms with van der Waals surface area (Å²) in [6.07, 6.45) is 1.82. The number of aromatic nitrogens is 2. The third kappa shape index (κ3) is 3.46. The number of rotatable bonds is 5. The summed E-state index contributed by atoms with van der Waals surface area (Å²) in [5.41, 5.74) is 1.33. The van der Waals surface area contributed by atoms with Gasteiger partial charge in [-0.3, -0.25) is 0 Å². The molecule has 21 heavy (non-hydrogen) atoms. The maximum atomic E-state index is 13.3. The number of aryl methyl sites for hydroxylation is 1. The predicted octanol–water partition coefficient (Wildman–Crippen LogP) is 4.06. The summed E-state index contributed by atoms with van der Waals surface area (Å²) in [4.78, 5) is 4.34. The maximum absolute atomic E-state index is 13.3. The summed E-state index contributed by atoms with van der Waals surface area (Å²) in [7, 11) is 0. The summed E-state index contributed by atoms with van der Waals surface area (Å²) >= 11 is 0. The van der Waals surface area contributed by atoms with Crippen LogP contribution in [0.1, 0.15) is 38.1 Å². The second-order valence-corrected chi connectivity index (χ2v) is 5.65. The van der Waals surface area contributed by atoms with Gasteiger partial charge in [0.15, 0.2) is 0 Å². The number of hydrogen-bond donors (Lipinski definition) is 0. The van der Waals surface area contributed by atoms with Gasteiger partial charge in [-0.1, -0.05) is 25.1 Å². The van der Waals surface area contributed by atoms with Gasteiger partial charge in [0.2, 0.25) is 11.7 Å². The molecule has 0 aliphatic heterocycles. The minimum Gasteiger partial charge on any atom is -0.339 e. The van der Waals surface area contributed by atoms with Crippen LogP contribution >= 0.6 is 0 Å². The molecule has 1 aromatic heterocycles. The Morgan fingerprint density at radius 3 is 2.86 bits per heavy atom. The number of nitrogens with zero attached hydrogens (tertiary/aromatic N) is 3. The minimum absolute atomic E-state index is 0.185. The fraction of sp³-hybridized carbons (Fsp3) is 0.438. The van der Waals surface area contributed by atoms with Crippen molar-refractivity contribution >= 4 is 0 Å². The van der Waals surface area contributed by atoms with Gasteiger partial charge in [-0.2, -0.15) is 10.2 Å². The average Bonchev–Trinajstić information content (AvgIpc) is 2.90. The van der Waals surface area contributed by atoms with Crippen molar-refractivity contribution in [2.45, 2.75) is 40.0 Å². The highest BCUT2D eigenvalue weighted by molar-refractivity contribution is 5.59. The Kier molecular flexibility index (Phi) is 4.37. The molecule has 1 atom stereocenters. The molecule has 0 saturated carbocycles. The van der Waals surface area contributed by atoms with E-state index < -0.39 is 0 Å². The van der Waals surface area contributed by atoms with Crippen LogP contribution in [0.2, 0.25) is 0 Å². The smallest absolute Gasteiger partial charge is 0.227 e. The van der Waals surface area contributed by atoms with Gasteiger partial charge in [0, 0.05) is 18.4 Å². The van der Waals surface area contributed by atoms with Crippen LogP contribution in [0.5, 0.6) is 0 Å². The standard InChI is InChI=1S/C16H18FN3O/c1-4-16(3,7-8-18)10-14-19-15(20-21-14)13-9-12(17)6-5-11(13)2/h5-6,9H,4,7,10H2,1-3H3. The zero-order valence-corrected chi connectivity index (χ0v) is 12.5. The first-order valence-electron chi connectivity index (χ1n) is 6.93. The summed E-state index contributed by atoms with van der Waals surface area (Å²) in [5.74, 6) is 0.537. The van der Waals surface area contributed by atoms with Crippen molar-refractivity contribution in [1.29, 1.82) is 5.26 Å². The first-order valence-corrected chi connectivity index (χ1v) is 6.93. The number of halogens is 1. The van der Waals surface area contributed by atoms with E-state index in [0.717, 1.165) is 12.0 Å². The van der Waals surface area contributed by atoms with Crippen molar-refractivity contribution < 1.29 is 8.91 Å². The van der Waals surface area contributed by atoms with Crippen LogP contribution in [0, 0.1) is 29.5 Å². The van der Waals surface area contributed by atoms with Crippen LogP contribution in [0.15, 0.2) is 22.7 Å². The molecule has 0 saturated heterocycles. The van der Waals surface area contributed by atoms with Gasteiger partial charge in [-0.15, -0.1) is 0 Å². The molecule has 0 spiro atoms. The fourth-order valence-corrected chi connectivity index (χ4v) is 2.14. The van der Waals surface area contributed by atoms with Gasteiger partial charge in [-0.25, -0.2) is 4.39 Å². The van der Waals surface area contributed by atoms with Crippen molar-refractivity contribution in [3.05, 3.63) is 35.5 Å². The van der Waals surface area contributed by atoms with Crippen LogP contribution < -0.4 is 0 Å². The topological polar surface area (TPSA) is 62.7 Å². The Hall–Kier alpha value is -2.22. The first-order chi connectivity index (χ1) is 9.97. The molecule has 0 bridgehead atoms. The summed E-state index contributed by atoms with van der Waals surface area (Å²) < 4.78 is 18.6. The van der Waals surface area contributed by atoms with Crippen molar-refractivity contribution in [1.82, 2.24) is 10.1 Å². The zero-order valence-electron chi connectivity index (χ0n) is 12.5. The van der Waals surface area contributed by atoms with Crippen LogP contribution in [0.3, 0.4) is 0 Å². The van der Waals surface area contributed by atoms with Gasteiger partial charge in [0.05, 0.1) is 6.07 Å². The number of nitriles is 1. The Morgan fingerprint density at radius 1 is 1.43 bits per heavy atom. The summed E-state index contributed by atoms with van der Waals surface area (Å²) in [6.45, 7) is 5.93. The van der Waals surface area contributed by atoms with Crippen LogP contribution in [-0.4, -0.2) is 10.1 Å². The highest BCUT2D eigenvalue weighted by Crippen LogP contribution is 2.30. The van der Waals surface area contributed by atoms with Crippen molar-refractivity contribution in [3.8, 4) is 17.5 Å². The van der Waals surface area contributed by atoms with Gasteiger partial charge in [-0.05, 0) is 36.5 Å². The van der Waals surface area contributed by atoms with E-state index in [4.69, 9.17) is 9.78 Å². The molecule has 4 nitrogen and oxygen atoms in total. The maximum Gasteiger partial charge on any atom is 0.227 e. The van der Waals surface area contributed by atoms with E-state index in [1.54, 1.807) is 6.07 Å². The van der Waals surface area contributed by atoms with Crippen molar-refractivity contribution in [2.24, 2.45) is 5.41 Å². The third-order valence-electron chi connectivity index (χ3n) is 3.85. The van der Waals surface area contributed by atoms with E-state index in [0.29, 0.717) is 30.1 Å². The Bertz CT molecular complexity index is 674. The molecular weight excluding hydrogens is 269 g/mol. The largest absolute Gasteiger partial charge is 0.339 e. The monoisotopic (exact) mass is 287 g/mol. The first kappa shape index (κ1) is 15.2. The van der Waals surface area contributed by atoms with Gasteiger partial charge < -0.3 is 4.52 Å². The molecular formula is C16H18FN3O. The molecule has 110 valence electrons. The summed E-state index contributed by atoms with van der Waals surface area (Å²) in [5, 5.41) is 12.8. The predicted molar refractivity (Wildman–Crippen MR) is 76.8 cm³/mol. The SMILES string of the molecule is CCC(C)(CC#N)Cc1nc(-c2cc(F)ccc2C)no1. The normalized spacial score (nSPS) is 13.7. The molecule has 0 fully saturated rings. The zero-order chi connectivity index (χ0) is 15.5. The van der Waals surface area contributed by atoms with Gasteiger partial charge in [0.25, 0.3) is 0 Å². The lowest BCUT2D eigenvalue weighted by Gasteiger charge is -2.22. The van der Waals surface area contributed by atoms with Crippen molar-refractivity contribution in [2.75, 3.05) is 0 Å². The number of hydrogen-bond acceptors (Lipinski definition) is 4. The molecule has 1 aromatic carbocycles. The Morgan fingerprint density at radius 2 is 2.19 bits per heavy atom. The Labute approximate surface area is 123 Å². The molecule has 0 amide bonds. The molecule has 1 unspecified atom stereocenters. The number of benzene rings is 1. The molecule has 0 N–H and O–H groups in total. The fourth-order valence-electron chi connectivity index (χ4n) is 2.14. The van der Waals surface area contributed by atoms with Crippen molar-refractivity contribution in [3.63, 3.8) is 0 Å². The highest BCUT2D eigenvalue weighted by Gasteiger charge is 2.26. The molecule has 0 aliphatic rings. The Balaban J connectivity index is 2.26. The lowest BCUT2D eigenvalue weighted by Crippen LogP contribution is -2.18.